The number of anilines is 1. The minimum atomic E-state index is -0.796. The van der Waals surface area contributed by atoms with E-state index in [9.17, 15) is 24.5 Å². The number of nitro benzene ring substituents is 1. The SMILES string of the molecule is CNc1ccc(C(=O)c2ccccc2C(=O)OCC(=O)N2CCCCC2)cc1[N+](=O)[O-]. The number of rotatable bonds is 7. The number of amides is 1. The first-order chi connectivity index (χ1) is 14.9. The van der Waals surface area contributed by atoms with Crippen molar-refractivity contribution in [3.8, 4) is 0 Å². The van der Waals surface area contributed by atoms with E-state index in [0.29, 0.717) is 13.1 Å². The van der Waals surface area contributed by atoms with Crippen LogP contribution in [-0.4, -0.2) is 54.2 Å². The van der Waals surface area contributed by atoms with Crippen LogP contribution >= 0.6 is 0 Å². The van der Waals surface area contributed by atoms with Crippen molar-refractivity contribution in [1.82, 2.24) is 4.90 Å². The van der Waals surface area contributed by atoms with Gasteiger partial charge in [-0.1, -0.05) is 18.2 Å². The standard InChI is InChI=1S/C22H23N3O6/c1-23-18-10-9-15(13-19(18)25(29)30)21(27)16-7-3-4-8-17(16)22(28)31-14-20(26)24-11-5-2-6-12-24/h3-4,7-10,13,23H,2,5-6,11-12,14H2,1H3. The number of carbonyl (C=O) groups is 3. The maximum absolute atomic E-state index is 13.0. The lowest BCUT2D eigenvalue weighted by Crippen LogP contribution is -2.38. The van der Waals surface area contributed by atoms with Crippen molar-refractivity contribution in [2.45, 2.75) is 19.3 Å². The van der Waals surface area contributed by atoms with Crippen LogP contribution in [0.1, 0.15) is 45.5 Å². The highest BCUT2D eigenvalue weighted by Gasteiger charge is 2.24. The second-order valence-electron chi connectivity index (χ2n) is 7.13. The van der Waals surface area contributed by atoms with Gasteiger partial charge >= 0.3 is 5.97 Å². The van der Waals surface area contributed by atoms with Gasteiger partial charge in [0, 0.05) is 37.3 Å². The average Bonchev–Trinajstić information content (AvgIpc) is 2.81. The molecule has 0 bridgehead atoms. The van der Waals surface area contributed by atoms with Gasteiger partial charge in [-0.2, -0.15) is 0 Å². The smallest absolute Gasteiger partial charge is 0.339 e. The molecule has 9 heteroatoms. The van der Waals surface area contributed by atoms with Gasteiger partial charge in [-0.25, -0.2) is 4.79 Å². The molecule has 1 aliphatic heterocycles. The zero-order valence-electron chi connectivity index (χ0n) is 17.1. The molecule has 9 nitrogen and oxygen atoms in total. The minimum absolute atomic E-state index is 0.000657. The van der Waals surface area contributed by atoms with Crippen molar-refractivity contribution in [2.24, 2.45) is 0 Å². The number of hydrogen-bond donors (Lipinski definition) is 1. The fourth-order valence-electron chi connectivity index (χ4n) is 3.49. The van der Waals surface area contributed by atoms with Gasteiger partial charge in [0.1, 0.15) is 5.69 Å². The van der Waals surface area contributed by atoms with E-state index in [0.717, 1.165) is 25.3 Å². The quantitative estimate of drug-likeness (QED) is 0.313. The number of nitro groups is 1. The number of benzene rings is 2. The molecule has 2 aromatic carbocycles. The Morgan fingerprint density at radius 1 is 1.06 bits per heavy atom. The summed E-state index contributed by atoms with van der Waals surface area (Å²) >= 11 is 0. The molecular weight excluding hydrogens is 402 g/mol. The summed E-state index contributed by atoms with van der Waals surface area (Å²) < 4.78 is 5.17. The van der Waals surface area contributed by atoms with Crippen molar-refractivity contribution in [1.29, 1.82) is 0 Å². The summed E-state index contributed by atoms with van der Waals surface area (Å²) in [4.78, 5) is 50.2. The Morgan fingerprint density at radius 3 is 2.39 bits per heavy atom. The summed E-state index contributed by atoms with van der Waals surface area (Å²) in [5, 5.41) is 14.0. The molecule has 1 amide bonds. The zero-order valence-corrected chi connectivity index (χ0v) is 17.1. The summed E-state index contributed by atoms with van der Waals surface area (Å²) in [5.41, 5.74) is 0.130. The molecular formula is C22H23N3O6. The highest BCUT2D eigenvalue weighted by Crippen LogP contribution is 2.27. The number of nitrogens with one attached hydrogen (secondary N) is 1. The van der Waals surface area contributed by atoms with Gasteiger partial charge in [0.05, 0.1) is 10.5 Å². The average molecular weight is 425 g/mol. The molecule has 1 fully saturated rings. The van der Waals surface area contributed by atoms with Crippen LogP contribution in [0.2, 0.25) is 0 Å². The van der Waals surface area contributed by atoms with Gasteiger partial charge in [0.2, 0.25) is 0 Å². The molecule has 1 heterocycles. The largest absolute Gasteiger partial charge is 0.452 e. The monoisotopic (exact) mass is 425 g/mol. The summed E-state index contributed by atoms with van der Waals surface area (Å²) in [5.74, 6) is -1.62. The molecule has 0 spiro atoms. The number of carbonyl (C=O) groups excluding carboxylic acids is 3. The van der Waals surface area contributed by atoms with Crippen LogP contribution in [-0.2, 0) is 9.53 Å². The minimum Gasteiger partial charge on any atom is -0.452 e. The van der Waals surface area contributed by atoms with Gasteiger partial charge < -0.3 is 15.0 Å². The van der Waals surface area contributed by atoms with Gasteiger partial charge in [-0.15, -0.1) is 0 Å². The number of hydrogen-bond acceptors (Lipinski definition) is 7. The van der Waals surface area contributed by atoms with E-state index in [4.69, 9.17) is 4.74 Å². The maximum Gasteiger partial charge on any atom is 0.339 e. The first kappa shape index (κ1) is 21.9. The number of ketones is 1. The zero-order chi connectivity index (χ0) is 22.4. The Kier molecular flexibility index (Phi) is 6.96. The maximum atomic E-state index is 13.0. The van der Waals surface area contributed by atoms with Gasteiger partial charge in [-0.05, 0) is 37.5 Å². The number of likely N-dealkylation sites (tertiary alicyclic amines) is 1. The second-order valence-corrected chi connectivity index (χ2v) is 7.13. The van der Waals surface area contributed by atoms with Crippen LogP contribution in [0.3, 0.4) is 0 Å². The van der Waals surface area contributed by atoms with Crippen molar-refractivity contribution < 1.29 is 24.0 Å². The Morgan fingerprint density at radius 2 is 1.74 bits per heavy atom. The topological polar surface area (TPSA) is 119 Å². The van der Waals surface area contributed by atoms with Crippen LogP contribution in [0, 0.1) is 10.1 Å². The van der Waals surface area contributed by atoms with E-state index in [1.807, 2.05) is 0 Å². The van der Waals surface area contributed by atoms with E-state index < -0.39 is 23.3 Å². The molecule has 1 saturated heterocycles. The van der Waals surface area contributed by atoms with Crippen LogP contribution in [0.4, 0.5) is 11.4 Å². The Bertz CT molecular complexity index is 1010. The summed E-state index contributed by atoms with van der Waals surface area (Å²) in [6.45, 7) is 0.892. The second kappa shape index (κ2) is 9.84. The van der Waals surface area contributed by atoms with Crippen LogP contribution < -0.4 is 5.32 Å². The molecule has 0 radical (unpaired) electrons. The third kappa shape index (κ3) is 5.06. The summed E-state index contributed by atoms with van der Waals surface area (Å²) in [6.07, 6.45) is 2.93. The van der Waals surface area contributed by atoms with Gasteiger partial charge in [0.25, 0.3) is 11.6 Å². The van der Waals surface area contributed by atoms with Crippen molar-refractivity contribution in [3.05, 3.63) is 69.3 Å². The molecule has 1 aliphatic rings. The molecule has 31 heavy (non-hydrogen) atoms. The first-order valence-electron chi connectivity index (χ1n) is 9.97. The van der Waals surface area contributed by atoms with Gasteiger partial charge in [0.15, 0.2) is 12.4 Å². The van der Waals surface area contributed by atoms with E-state index in [1.165, 1.54) is 24.3 Å². The van der Waals surface area contributed by atoms with Gasteiger partial charge in [-0.3, -0.25) is 19.7 Å². The molecule has 3 rings (SSSR count). The normalized spacial score (nSPS) is 13.4. The summed E-state index contributed by atoms with van der Waals surface area (Å²) in [6, 6.07) is 10.1. The molecule has 0 saturated carbocycles. The van der Waals surface area contributed by atoms with Crippen LogP contribution in [0.25, 0.3) is 0 Å². The first-order valence-corrected chi connectivity index (χ1v) is 9.97. The van der Waals surface area contributed by atoms with Crippen LogP contribution in [0.15, 0.2) is 42.5 Å². The lowest BCUT2D eigenvalue weighted by Gasteiger charge is -2.26. The number of ether oxygens (including phenoxy) is 1. The Labute approximate surface area is 179 Å². The van der Waals surface area contributed by atoms with E-state index >= 15 is 0 Å². The highest BCUT2D eigenvalue weighted by molar-refractivity contribution is 6.15. The lowest BCUT2D eigenvalue weighted by molar-refractivity contribution is -0.384. The fourth-order valence-corrected chi connectivity index (χ4v) is 3.49. The number of piperidine rings is 1. The number of nitrogens with zero attached hydrogens (tertiary/aromatic N) is 2. The van der Waals surface area contributed by atoms with Crippen molar-refractivity contribution in [3.63, 3.8) is 0 Å². The predicted octanol–water partition coefficient (Wildman–Crippen LogP) is 3.04. The number of esters is 1. The third-order valence-electron chi connectivity index (χ3n) is 5.15. The summed E-state index contributed by atoms with van der Waals surface area (Å²) in [7, 11) is 1.54. The van der Waals surface area contributed by atoms with E-state index in [-0.39, 0.29) is 34.0 Å². The predicted molar refractivity (Wildman–Crippen MR) is 113 cm³/mol. The lowest BCUT2D eigenvalue weighted by atomic mass is 9.97. The molecule has 162 valence electrons. The van der Waals surface area contributed by atoms with E-state index in [1.54, 1.807) is 24.1 Å². The highest BCUT2D eigenvalue weighted by atomic mass is 16.6. The molecule has 0 aliphatic carbocycles. The molecule has 2 aromatic rings. The Hall–Kier alpha value is -3.75. The molecule has 1 N–H and O–H groups in total. The molecule has 0 aromatic heterocycles. The fraction of sp³-hybridized carbons (Fsp3) is 0.318. The Balaban J connectivity index is 1.78. The van der Waals surface area contributed by atoms with Crippen molar-refractivity contribution in [2.75, 3.05) is 32.1 Å². The van der Waals surface area contributed by atoms with E-state index in [2.05, 4.69) is 5.32 Å². The molecule has 0 atom stereocenters. The third-order valence-corrected chi connectivity index (χ3v) is 5.15. The molecule has 0 unspecified atom stereocenters. The van der Waals surface area contributed by atoms with Crippen molar-refractivity contribution >= 4 is 29.0 Å². The van der Waals surface area contributed by atoms with Crippen LogP contribution in [0.5, 0.6) is 0 Å².